The first-order valence-electron chi connectivity index (χ1n) is 9.65. The van der Waals surface area contributed by atoms with Crippen molar-refractivity contribution < 1.29 is 18.7 Å². The van der Waals surface area contributed by atoms with E-state index in [9.17, 15) is 9.59 Å². The number of amides is 2. The van der Waals surface area contributed by atoms with Gasteiger partial charge in [0.1, 0.15) is 17.1 Å². The van der Waals surface area contributed by atoms with E-state index in [2.05, 4.69) is 10.6 Å². The first-order valence-corrected chi connectivity index (χ1v) is 9.65. The summed E-state index contributed by atoms with van der Waals surface area (Å²) in [7, 11) is 1.61. The third-order valence-electron chi connectivity index (χ3n) is 5.07. The van der Waals surface area contributed by atoms with Crippen LogP contribution < -0.4 is 15.4 Å². The maximum Gasteiger partial charge on any atom is 0.248 e. The third-order valence-corrected chi connectivity index (χ3v) is 5.07. The molecule has 0 spiro atoms. The van der Waals surface area contributed by atoms with E-state index >= 15 is 0 Å². The minimum atomic E-state index is -0.271. The molecule has 0 aliphatic rings. The molecule has 2 aromatic carbocycles. The van der Waals surface area contributed by atoms with Gasteiger partial charge in [0.2, 0.25) is 11.8 Å². The molecule has 0 radical (unpaired) electrons. The molecule has 6 heteroatoms. The maximum absolute atomic E-state index is 12.6. The van der Waals surface area contributed by atoms with Crippen molar-refractivity contribution in [1.29, 1.82) is 0 Å². The Balaban J connectivity index is 1.93. The number of aryl methyl sites for hydroxylation is 3. The second kappa shape index (κ2) is 8.45. The smallest absolute Gasteiger partial charge is 0.248 e. The molecule has 0 aliphatic heterocycles. The first-order chi connectivity index (χ1) is 14.2. The molecule has 0 saturated heterocycles. The van der Waals surface area contributed by atoms with E-state index in [-0.39, 0.29) is 11.8 Å². The summed E-state index contributed by atoms with van der Waals surface area (Å²) in [6.07, 6.45) is 1.54. The molecule has 2 amide bonds. The molecule has 6 nitrogen and oxygen atoms in total. The third kappa shape index (κ3) is 4.22. The first kappa shape index (κ1) is 21.2. The summed E-state index contributed by atoms with van der Waals surface area (Å²) >= 11 is 0. The van der Waals surface area contributed by atoms with Gasteiger partial charge in [-0.2, -0.15) is 0 Å². The lowest BCUT2D eigenvalue weighted by molar-refractivity contribution is -0.114. The summed E-state index contributed by atoms with van der Waals surface area (Å²) in [4.78, 5) is 23.8. The summed E-state index contributed by atoms with van der Waals surface area (Å²) < 4.78 is 11.5. The number of nitrogens with one attached hydrogen (secondary N) is 2. The molecular formula is C24H26N2O4. The number of hydrogen-bond acceptors (Lipinski definition) is 4. The molecule has 0 aliphatic carbocycles. The lowest BCUT2D eigenvalue weighted by Gasteiger charge is -2.13. The van der Waals surface area contributed by atoms with E-state index in [0.717, 1.165) is 39.0 Å². The average molecular weight is 406 g/mol. The van der Waals surface area contributed by atoms with Crippen LogP contribution in [0.2, 0.25) is 0 Å². The summed E-state index contributed by atoms with van der Waals surface area (Å²) in [5.41, 5.74) is 5.60. The highest BCUT2D eigenvalue weighted by Gasteiger charge is 2.18. The van der Waals surface area contributed by atoms with Crippen LogP contribution in [0.3, 0.4) is 0 Å². The van der Waals surface area contributed by atoms with Crippen molar-refractivity contribution in [3.8, 4) is 5.75 Å². The maximum atomic E-state index is 12.6. The van der Waals surface area contributed by atoms with E-state index in [1.807, 2.05) is 33.8 Å². The van der Waals surface area contributed by atoms with Crippen LogP contribution in [0.25, 0.3) is 16.5 Å². The number of allylic oxidation sites excluding steroid dienone is 1. The van der Waals surface area contributed by atoms with Crippen LogP contribution in [0.1, 0.15) is 36.3 Å². The average Bonchev–Trinajstić information content (AvgIpc) is 2.96. The van der Waals surface area contributed by atoms with Gasteiger partial charge in [0, 0.05) is 40.9 Å². The molecule has 3 rings (SSSR count). The summed E-state index contributed by atoms with van der Waals surface area (Å²) in [5, 5.41) is 6.55. The number of methoxy groups -OCH3 is 1. The Morgan fingerprint density at radius 1 is 1.00 bits per heavy atom. The van der Waals surface area contributed by atoms with E-state index in [1.54, 1.807) is 31.4 Å². The van der Waals surface area contributed by atoms with Crippen molar-refractivity contribution in [1.82, 2.24) is 0 Å². The van der Waals surface area contributed by atoms with Crippen molar-refractivity contribution in [2.24, 2.45) is 0 Å². The molecule has 1 heterocycles. The highest BCUT2D eigenvalue weighted by atomic mass is 16.5. The Morgan fingerprint density at radius 2 is 1.67 bits per heavy atom. The van der Waals surface area contributed by atoms with E-state index in [0.29, 0.717) is 17.1 Å². The lowest BCUT2D eigenvalue weighted by atomic mass is 9.98. The minimum Gasteiger partial charge on any atom is -0.496 e. The van der Waals surface area contributed by atoms with E-state index in [4.69, 9.17) is 9.15 Å². The number of fused-ring (bicyclic) bond motifs is 1. The lowest BCUT2D eigenvalue weighted by Crippen LogP contribution is -2.10. The predicted octanol–water partition coefficient (Wildman–Crippen LogP) is 5.37. The van der Waals surface area contributed by atoms with Gasteiger partial charge < -0.3 is 19.8 Å². The van der Waals surface area contributed by atoms with Crippen LogP contribution in [-0.2, 0) is 9.59 Å². The molecule has 1 aromatic heterocycles. The van der Waals surface area contributed by atoms with Gasteiger partial charge in [-0.25, -0.2) is 0 Å². The minimum absolute atomic E-state index is 0.170. The monoisotopic (exact) mass is 406 g/mol. The number of benzene rings is 2. The molecule has 0 unspecified atom stereocenters. The second-order valence-electron chi connectivity index (χ2n) is 7.32. The van der Waals surface area contributed by atoms with Crippen LogP contribution in [0.5, 0.6) is 5.75 Å². The summed E-state index contributed by atoms with van der Waals surface area (Å²) in [6, 6.07) is 9.00. The Labute approximate surface area is 175 Å². The number of rotatable bonds is 5. The molecule has 156 valence electrons. The number of carbonyl (C=O) groups is 2. The summed E-state index contributed by atoms with van der Waals surface area (Å²) in [5.74, 6) is 1.11. The zero-order valence-electron chi connectivity index (χ0n) is 18.1. The number of anilines is 2. The topological polar surface area (TPSA) is 80.6 Å². The zero-order chi connectivity index (χ0) is 22.0. The van der Waals surface area contributed by atoms with Gasteiger partial charge in [-0.15, -0.1) is 0 Å². The molecule has 30 heavy (non-hydrogen) atoms. The fraction of sp³-hybridized carbons (Fsp3) is 0.250. The SMILES string of the molecule is COc1c(/C(C)=C/C(=O)Nc2cccc(NC(C)=O)c2)cc2c(C)c(C)oc2c1C. The van der Waals surface area contributed by atoms with E-state index in [1.165, 1.54) is 13.0 Å². The molecule has 0 fully saturated rings. The molecule has 0 atom stereocenters. The van der Waals surface area contributed by atoms with Crippen molar-refractivity contribution in [3.05, 3.63) is 58.9 Å². The number of furan rings is 1. The normalized spacial score (nSPS) is 11.5. The Morgan fingerprint density at radius 3 is 2.30 bits per heavy atom. The van der Waals surface area contributed by atoms with Gasteiger partial charge in [-0.1, -0.05) is 6.07 Å². The van der Waals surface area contributed by atoms with Crippen molar-refractivity contribution in [3.63, 3.8) is 0 Å². The van der Waals surface area contributed by atoms with Gasteiger partial charge in [0.05, 0.1) is 7.11 Å². The van der Waals surface area contributed by atoms with Gasteiger partial charge in [0.15, 0.2) is 0 Å². The van der Waals surface area contributed by atoms with Gasteiger partial charge in [-0.3, -0.25) is 9.59 Å². The zero-order valence-corrected chi connectivity index (χ0v) is 18.1. The van der Waals surface area contributed by atoms with Crippen molar-refractivity contribution in [2.75, 3.05) is 17.7 Å². The highest BCUT2D eigenvalue weighted by molar-refractivity contribution is 6.05. The van der Waals surface area contributed by atoms with Crippen molar-refractivity contribution in [2.45, 2.75) is 34.6 Å². The standard InChI is InChI=1S/C24H26N2O4/c1-13(10-22(28)26-19-9-7-8-18(11-19)25-17(5)27)20-12-21-14(2)16(4)30-24(21)15(3)23(20)29-6/h7-12H,1-6H3,(H,25,27)(H,26,28)/b13-10+. The van der Waals surface area contributed by atoms with Crippen LogP contribution >= 0.6 is 0 Å². The summed E-state index contributed by atoms with van der Waals surface area (Å²) in [6.45, 7) is 9.22. The second-order valence-corrected chi connectivity index (χ2v) is 7.32. The molecule has 3 aromatic rings. The fourth-order valence-corrected chi connectivity index (χ4v) is 3.50. The van der Waals surface area contributed by atoms with Crippen LogP contribution in [0, 0.1) is 20.8 Å². The van der Waals surface area contributed by atoms with Crippen LogP contribution in [-0.4, -0.2) is 18.9 Å². The van der Waals surface area contributed by atoms with E-state index < -0.39 is 0 Å². The predicted molar refractivity (Wildman–Crippen MR) is 120 cm³/mol. The Kier molecular flexibility index (Phi) is 5.96. The molecular weight excluding hydrogens is 380 g/mol. The van der Waals surface area contributed by atoms with Gasteiger partial charge in [-0.05, 0) is 63.1 Å². The highest BCUT2D eigenvalue weighted by Crippen LogP contribution is 2.38. The number of carbonyl (C=O) groups excluding carboxylic acids is 2. The van der Waals surface area contributed by atoms with Gasteiger partial charge in [0.25, 0.3) is 0 Å². The fourth-order valence-electron chi connectivity index (χ4n) is 3.50. The molecule has 2 N–H and O–H groups in total. The quantitative estimate of drug-likeness (QED) is 0.559. The molecule has 0 saturated carbocycles. The largest absolute Gasteiger partial charge is 0.496 e. The van der Waals surface area contributed by atoms with Gasteiger partial charge >= 0.3 is 0 Å². The van der Waals surface area contributed by atoms with Crippen molar-refractivity contribution >= 4 is 39.7 Å². The Bertz CT molecular complexity index is 1170. The Hall–Kier alpha value is -3.54. The van der Waals surface area contributed by atoms with Crippen LogP contribution in [0.4, 0.5) is 11.4 Å². The van der Waals surface area contributed by atoms with Crippen LogP contribution in [0.15, 0.2) is 40.8 Å². The number of ether oxygens (including phenoxy) is 1. The number of hydrogen-bond donors (Lipinski definition) is 2. The molecule has 0 bridgehead atoms.